The highest BCUT2D eigenvalue weighted by atomic mass is 35.5. The van der Waals surface area contributed by atoms with Crippen molar-refractivity contribution >= 4 is 46.6 Å². The number of hydrogen-bond donors (Lipinski definition) is 1. The lowest BCUT2D eigenvalue weighted by molar-refractivity contribution is -0.402. The second-order valence-electron chi connectivity index (χ2n) is 4.56. The van der Waals surface area contributed by atoms with E-state index in [0.717, 1.165) is 12.1 Å². The zero-order valence-corrected chi connectivity index (χ0v) is 13.6. The first-order chi connectivity index (χ1) is 11.3. The van der Waals surface area contributed by atoms with E-state index in [0.29, 0.717) is 5.02 Å². The zero-order valence-electron chi connectivity index (χ0n) is 12.1. The number of halogens is 2. The molecular formula is C14H10Cl2N2O6. The third kappa shape index (κ3) is 4.24. The molecule has 0 fully saturated rings. The number of furan rings is 1. The van der Waals surface area contributed by atoms with Gasteiger partial charge >= 0.3 is 11.9 Å². The molecule has 1 amide bonds. The first kappa shape index (κ1) is 17.8. The molecule has 24 heavy (non-hydrogen) atoms. The van der Waals surface area contributed by atoms with Gasteiger partial charge in [-0.05, 0) is 31.2 Å². The minimum atomic E-state index is -1.20. The van der Waals surface area contributed by atoms with Crippen molar-refractivity contribution in [2.75, 3.05) is 5.32 Å². The predicted molar refractivity (Wildman–Crippen MR) is 85.3 cm³/mol. The average Bonchev–Trinajstić information content (AvgIpc) is 3.01. The van der Waals surface area contributed by atoms with Crippen molar-refractivity contribution in [1.82, 2.24) is 0 Å². The van der Waals surface area contributed by atoms with Gasteiger partial charge in [0.2, 0.25) is 5.76 Å². The van der Waals surface area contributed by atoms with Crippen molar-refractivity contribution < 1.29 is 23.7 Å². The SMILES string of the molecule is C[C@H](OC(=O)c1ccc([N+](=O)[O-])o1)C(=O)Nc1cc(Cl)ccc1Cl. The average molecular weight is 373 g/mol. The molecule has 1 heterocycles. The number of hydrogen-bond acceptors (Lipinski definition) is 6. The normalized spacial score (nSPS) is 11.6. The van der Waals surface area contributed by atoms with Gasteiger partial charge in [-0.2, -0.15) is 0 Å². The molecule has 0 unspecified atom stereocenters. The highest BCUT2D eigenvalue weighted by Crippen LogP contribution is 2.25. The number of ether oxygens (including phenoxy) is 1. The highest BCUT2D eigenvalue weighted by Gasteiger charge is 2.24. The molecule has 1 aromatic heterocycles. The summed E-state index contributed by atoms with van der Waals surface area (Å²) in [5.41, 5.74) is 0.255. The molecule has 1 N–H and O–H groups in total. The van der Waals surface area contributed by atoms with Gasteiger partial charge in [0.05, 0.1) is 16.8 Å². The van der Waals surface area contributed by atoms with E-state index in [2.05, 4.69) is 5.32 Å². The van der Waals surface area contributed by atoms with Gasteiger partial charge in [0.15, 0.2) is 6.10 Å². The molecule has 0 aliphatic rings. The van der Waals surface area contributed by atoms with Gasteiger partial charge in [0.25, 0.3) is 5.91 Å². The van der Waals surface area contributed by atoms with Crippen molar-refractivity contribution in [3.63, 3.8) is 0 Å². The topological polar surface area (TPSA) is 112 Å². The zero-order chi connectivity index (χ0) is 17.9. The number of nitrogens with zero attached hydrogens (tertiary/aromatic N) is 1. The molecule has 10 heteroatoms. The van der Waals surface area contributed by atoms with Crippen LogP contribution in [0.25, 0.3) is 0 Å². The number of nitrogens with one attached hydrogen (secondary N) is 1. The minimum absolute atomic E-state index is 0.255. The van der Waals surface area contributed by atoms with E-state index in [1.165, 1.54) is 19.1 Å². The maximum absolute atomic E-state index is 12.0. The lowest BCUT2D eigenvalue weighted by Crippen LogP contribution is -2.30. The fourth-order valence-corrected chi connectivity index (χ4v) is 1.97. The number of amides is 1. The van der Waals surface area contributed by atoms with Crippen molar-refractivity contribution in [3.8, 4) is 0 Å². The van der Waals surface area contributed by atoms with Gasteiger partial charge in [0.1, 0.15) is 4.92 Å². The molecule has 0 radical (unpaired) electrons. The Kier molecular flexibility index (Phi) is 5.42. The summed E-state index contributed by atoms with van der Waals surface area (Å²) in [6.45, 7) is 1.32. The van der Waals surface area contributed by atoms with Crippen LogP contribution in [0.3, 0.4) is 0 Å². The number of esters is 1. The van der Waals surface area contributed by atoms with E-state index in [4.69, 9.17) is 32.4 Å². The van der Waals surface area contributed by atoms with Gasteiger partial charge in [-0.1, -0.05) is 23.2 Å². The van der Waals surface area contributed by atoms with Crippen molar-refractivity contribution in [3.05, 3.63) is 56.3 Å². The molecular weight excluding hydrogens is 363 g/mol. The molecule has 0 aliphatic carbocycles. The largest absolute Gasteiger partial charge is 0.447 e. The second-order valence-corrected chi connectivity index (χ2v) is 5.40. The Morgan fingerprint density at radius 2 is 2.00 bits per heavy atom. The van der Waals surface area contributed by atoms with Crippen LogP contribution in [0.5, 0.6) is 0 Å². The van der Waals surface area contributed by atoms with E-state index in [9.17, 15) is 19.7 Å². The van der Waals surface area contributed by atoms with Crippen LogP contribution in [0.15, 0.2) is 34.7 Å². The van der Waals surface area contributed by atoms with Gasteiger partial charge in [-0.15, -0.1) is 0 Å². The van der Waals surface area contributed by atoms with E-state index in [-0.39, 0.29) is 16.5 Å². The summed E-state index contributed by atoms with van der Waals surface area (Å²) >= 11 is 11.7. The highest BCUT2D eigenvalue weighted by molar-refractivity contribution is 6.35. The molecule has 0 spiro atoms. The van der Waals surface area contributed by atoms with Gasteiger partial charge < -0.3 is 14.5 Å². The van der Waals surface area contributed by atoms with Crippen molar-refractivity contribution in [2.24, 2.45) is 0 Å². The molecule has 2 aromatic rings. The Morgan fingerprint density at radius 1 is 1.29 bits per heavy atom. The molecule has 1 atom stereocenters. The van der Waals surface area contributed by atoms with Crippen LogP contribution in [0.4, 0.5) is 11.6 Å². The third-order valence-electron chi connectivity index (χ3n) is 2.81. The molecule has 0 saturated heterocycles. The smallest absolute Gasteiger partial charge is 0.433 e. The Hall–Kier alpha value is -2.58. The number of benzene rings is 1. The fourth-order valence-electron chi connectivity index (χ4n) is 1.64. The maximum atomic E-state index is 12.0. The molecule has 2 rings (SSSR count). The summed E-state index contributed by atoms with van der Waals surface area (Å²) < 4.78 is 9.59. The monoisotopic (exact) mass is 372 g/mol. The van der Waals surface area contributed by atoms with Gasteiger partial charge in [0, 0.05) is 5.02 Å². The van der Waals surface area contributed by atoms with Crippen LogP contribution in [0, 0.1) is 10.1 Å². The Morgan fingerprint density at radius 3 is 2.62 bits per heavy atom. The number of rotatable bonds is 5. The predicted octanol–water partition coefficient (Wildman–Crippen LogP) is 3.68. The van der Waals surface area contributed by atoms with Crippen LogP contribution < -0.4 is 5.32 Å². The Labute approximate surface area is 145 Å². The van der Waals surface area contributed by atoms with Crippen LogP contribution in [0.2, 0.25) is 10.0 Å². The standard InChI is InChI=1S/C14H10Cl2N2O6/c1-7(13(19)17-10-6-8(15)2-3-9(10)16)23-14(20)11-4-5-12(24-11)18(21)22/h2-7H,1H3,(H,17,19)/t7-/m0/s1. The molecule has 0 aliphatic heterocycles. The Bertz CT molecular complexity index is 804. The van der Waals surface area contributed by atoms with Gasteiger partial charge in [-0.3, -0.25) is 14.9 Å². The van der Waals surface area contributed by atoms with Gasteiger partial charge in [-0.25, -0.2) is 4.79 Å². The summed E-state index contributed by atoms with van der Waals surface area (Å²) in [6, 6.07) is 6.57. The summed E-state index contributed by atoms with van der Waals surface area (Å²) in [4.78, 5) is 33.5. The van der Waals surface area contributed by atoms with Crippen molar-refractivity contribution in [1.29, 1.82) is 0 Å². The molecule has 0 saturated carbocycles. The number of anilines is 1. The summed E-state index contributed by atoms with van der Waals surface area (Å²) in [5.74, 6) is -2.66. The second kappa shape index (κ2) is 7.33. The van der Waals surface area contributed by atoms with E-state index < -0.39 is 28.8 Å². The molecule has 0 bridgehead atoms. The van der Waals surface area contributed by atoms with Crippen molar-refractivity contribution in [2.45, 2.75) is 13.0 Å². The molecule has 126 valence electrons. The number of nitro groups is 1. The van der Waals surface area contributed by atoms with Crippen LogP contribution in [-0.2, 0) is 9.53 Å². The maximum Gasteiger partial charge on any atom is 0.433 e. The number of carbonyl (C=O) groups excluding carboxylic acids is 2. The summed E-state index contributed by atoms with van der Waals surface area (Å²) in [6.07, 6.45) is -1.20. The van der Waals surface area contributed by atoms with Crippen LogP contribution >= 0.6 is 23.2 Å². The molecule has 8 nitrogen and oxygen atoms in total. The first-order valence-electron chi connectivity index (χ1n) is 6.49. The van der Waals surface area contributed by atoms with Crippen LogP contribution in [0.1, 0.15) is 17.5 Å². The van der Waals surface area contributed by atoms with E-state index >= 15 is 0 Å². The Balaban J connectivity index is 2.01. The quantitative estimate of drug-likeness (QED) is 0.486. The van der Waals surface area contributed by atoms with Crippen LogP contribution in [-0.4, -0.2) is 22.9 Å². The summed E-state index contributed by atoms with van der Waals surface area (Å²) in [5, 5.41) is 13.6. The lowest BCUT2D eigenvalue weighted by Gasteiger charge is -2.13. The number of carbonyl (C=O) groups is 2. The minimum Gasteiger partial charge on any atom is -0.447 e. The lowest BCUT2D eigenvalue weighted by atomic mass is 10.3. The first-order valence-corrected chi connectivity index (χ1v) is 7.24. The molecule has 1 aromatic carbocycles. The van der Waals surface area contributed by atoms with E-state index in [1.54, 1.807) is 6.07 Å². The summed E-state index contributed by atoms with van der Waals surface area (Å²) in [7, 11) is 0. The van der Waals surface area contributed by atoms with E-state index in [1.807, 2.05) is 0 Å². The third-order valence-corrected chi connectivity index (χ3v) is 3.38. The fraction of sp³-hybridized carbons (Fsp3) is 0.143.